The third-order valence-corrected chi connectivity index (χ3v) is 25.0. The van der Waals surface area contributed by atoms with E-state index in [1.807, 2.05) is 13.8 Å². The maximum atomic E-state index is 15.8. The van der Waals surface area contributed by atoms with Crippen molar-refractivity contribution in [2.24, 2.45) is 11.5 Å². The van der Waals surface area contributed by atoms with Gasteiger partial charge < -0.3 is 129 Å². The summed E-state index contributed by atoms with van der Waals surface area (Å²) in [5.74, 6) is -19.7. The Morgan fingerprint density at radius 3 is 1.81 bits per heavy atom. The first-order chi connectivity index (χ1) is 63.8. The number of para-hydroxylation sites is 2. The summed E-state index contributed by atoms with van der Waals surface area (Å²) in [6.07, 6.45) is 2.75. The number of H-pyrrole nitrogens is 2. The van der Waals surface area contributed by atoms with E-state index in [1.165, 1.54) is 82.5 Å². The number of thioether (sulfide) groups is 1. The van der Waals surface area contributed by atoms with Gasteiger partial charge in [-0.15, -0.1) is 11.8 Å². The van der Waals surface area contributed by atoms with E-state index in [4.69, 9.17) is 11.5 Å². The van der Waals surface area contributed by atoms with Gasteiger partial charge in [0.25, 0.3) is 0 Å². The summed E-state index contributed by atoms with van der Waals surface area (Å²) in [4.78, 5) is 276. The fourth-order valence-electron chi connectivity index (χ4n) is 16.4. The average molecular weight is 1890 g/mol. The number of hydrogen-bond donors (Lipinski definition) is 19. The predicted molar refractivity (Wildman–Crippen MR) is 485 cm³/mol. The zero-order valence-electron chi connectivity index (χ0n) is 75.6. The van der Waals surface area contributed by atoms with Gasteiger partial charge in [-0.3, -0.25) is 86.3 Å². The molecule has 0 radical (unpaired) electrons. The Balaban J connectivity index is 1.09. The van der Waals surface area contributed by atoms with E-state index in [9.17, 15) is 78.3 Å². The van der Waals surface area contributed by atoms with Crippen molar-refractivity contribution in [1.82, 2.24) is 97.2 Å². The molecule has 45 heteroatoms. The number of aliphatic hydroxyl groups is 2. The number of phenols is 1. The number of aromatic hydroxyl groups is 1. The van der Waals surface area contributed by atoms with Crippen LogP contribution in [0.4, 0.5) is 0 Å². The van der Waals surface area contributed by atoms with Crippen molar-refractivity contribution < 1.29 is 112 Å². The minimum atomic E-state index is -1.97. The fraction of sp³-hybridized carbons (Fsp3) is 0.517. The Kier molecular flexibility index (Phi) is 38.3. The Morgan fingerprint density at radius 2 is 1.16 bits per heavy atom. The van der Waals surface area contributed by atoms with Crippen LogP contribution < -0.4 is 64.6 Å². The molecule has 9 rings (SSSR count). The highest BCUT2D eigenvalue weighted by atomic mass is 32.2. The molecule has 726 valence electrons. The minimum Gasteiger partial charge on any atom is -0.508 e. The Bertz CT molecular complexity index is 5230. The third kappa shape index (κ3) is 28.0. The number of aliphatic hydroxyl groups excluding tert-OH is 2. The van der Waals surface area contributed by atoms with Crippen molar-refractivity contribution in [3.8, 4) is 5.75 Å². The third-order valence-electron chi connectivity index (χ3n) is 23.9. The van der Waals surface area contributed by atoms with E-state index in [-0.39, 0.29) is 82.3 Å². The highest BCUT2D eigenvalue weighted by Gasteiger charge is 2.47. The predicted octanol–water partition coefficient (Wildman–Crippen LogP) is -3.32. The first kappa shape index (κ1) is 104. The Hall–Kier alpha value is -13.6. The van der Waals surface area contributed by atoms with Gasteiger partial charge in [0.1, 0.15) is 96.9 Å². The summed E-state index contributed by atoms with van der Waals surface area (Å²) in [6, 6.07) is -3.56. The van der Waals surface area contributed by atoms with E-state index in [2.05, 4.69) is 68.1 Å². The first-order valence-electron chi connectivity index (χ1n) is 44.4. The molecule has 0 aliphatic carbocycles. The van der Waals surface area contributed by atoms with Gasteiger partial charge in [-0.2, -0.15) is 0 Å². The summed E-state index contributed by atoms with van der Waals surface area (Å²) in [7, 11) is 3.79. The van der Waals surface area contributed by atoms with Crippen LogP contribution >= 0.6 is 11.8 Å². The number of hydrogen-bond acceptors (Lipinski definition) is 24. The molecule has 0 saturated carbocycles. The van der Waals surface area contributed by atoms with Crippen molar-refractivity contribution in [3.63, 3.8) is 0 Å². The van der Waals surface area contributed by atoms with E-state index in [0.717, 1.165) is 36.3 Å². The van der Waals surface area contributed by atoms with E-state index in [0.29, 0.717) is 64.2 Å². The fourth-order valence-corrected chi connectivity index (χ4v) is 17.3. The number of nitrogens with one attached hydrogen (secondary N) is 12. The van der Waals surface area contributed by atoms with Crippen LogP contribution in [0.25, 0.3) is 21.8 Å². The molecule has 15 atom stereocenters. The number of carbonyl (C=O) groups excluding carboxylic acids is 16. The number of benzene rings is 3. The number of aromatic nitrogens is 4. The molecular formula is C89H121N21O23S. The summed E-state index contributed by atoms with van der Waals surface area (Å²) < 4.78 is 1.40. The van der Waals surface area contributed by atoms with E-state index >= 15 is 33.6 Å². The summed E-state index contributed by atoms with van der Waals surface area (Å²) in [5.41, 5.74) is 13.8. The molecule has 16 amide bonds. The molecule has 44 nitrogen and oxygen atoms in total. The van der Waals surface area contributed by atoms with Crippen LogP contribution in [0, 0.1) is 0 Å². The normalized spacial score (nSPS) is 24.9. The number of amides is 16. The number of aliphatic carboxylic acids is 2. The zero-order chi connectivity index (χ0) is 97.9. The molecule has 3 saturated heterocycles. The monoisotopic (exact) mass is 1880 g/mol. The molecule has 0 spiro atoms. The molecule has 3 aromatic heterocycles. The lowest BCUT2D eigenvalue weighted by Gasteiger charge is -2.36. The Labute approximate surface area is 775 Å². The van der Waals surface area contributed by atoms with Crippen LogP contribution in [-0.2, 0) is 119 Å². The van der Waals surface area contributed by atoms with E-state index in [1.54, 1.807) is 54.7 Å². The van der Waals surface area contributed by atoms with Crippen molar-refractivity contribution >= 4 is 140 Å². The first-order valence-corrected chi connectivity index (χ1v) is 45.6. The second-order valence-corrected chi connectivity index (χ2v) is 34.8. The van der Waals surface area contributed by atoms with Crippen LogP contribution in [0.2, 0.25) is 0 Å². The molecule has 6 heterocycles. The number of rotatable bonds is 25. The largest absolute Gasteiger partial charge is 0.508 e. The van der Waals surface area contributed by atoms with Crippen LogP contribution in [0.1, 0.15) is 127 Å². The maximum absolute atomic E-state index is 15.8. The zero-order valence-corrected chi connectivity index (χ0v) is 76.5. The Morgan fingerprint density at radius 1 is 0.567 bits per heavy atom. The van der Waals surface area contributed by atoms with Crippen LogP contribution in [0.3, 0.4) is 0 Å². The lowest BCUT2D eigenvalue weighted by molar-refractivity contribution is -0.149. The highest BCUT2D eigenvalue weighted by Crippen LogP contribution is 2.29. The lowest BCUT2D eigenvalue weighted by Crippen LogP contribution is -2.61. The number of likely N-dealkylation sites (N-methyl/N-ethyl adjacent to an activating group) is 3. The second kappa shape index (κ2) is 49.3. The quantitative estimate of drug-likeness (QED) is 0.0267. The number of aromatic amines is 2. The minimum absolute atomic E-state index is 0.0208. The number of phenolic OH excluding ortho intramolecular Hbond substituents is 1. The summed E-state index contributed by atoms with van der Waals surface area (Å²) >= 11 is 0.753. The summed E-state index contributed by atoms with van der Waals surface area (Å²) in [5, 5.41) is 80.0. The number of carbonyl (C=O) groups is 18. The molecule has 21 N–H and O–H groups in total. The van der Waals surface area contributed by atoms with Crippen LogP contribution in [0.5, 0.6) is 5.75 Å². The molecule has 6 aromatic rings. The van der Waals surface area contributed by atoms with Crippen molar-refractivity contribution in [1.29, 1.82) is 0 Å². The van der Waals surface area contributed by atoms with Gasteiger partial charge in [-0.05, 0) is 99.9 Å². The van der Waals surface area contributed by atoms with Gasteiger partial charge >= 0.3 is 11.9 Å². The second-order valence-electron chi connectivity index (χ2n) is 33.7. The average Bonchev–Trinajstić information content (AvgIpc) is 1.62. The van der Waals surface area contributed by atoms with Crippen LogP contribution in [-0.4, -0.2) is 332 Å². The van der Waals surface area contributed by atoms with Crippen molar-refractivity contribution in [2.75, 3.05) is 65.4 Å². The van der Waals surface area contributed by atoms with Crippen molar-refractivity contribution in [2.45, 2.75) is 228 Å². The number of nitrogens with two attached hydrogens (primary N) is 2. The number of carboxylic acids is 2. The number of nitrogens with zero attached hydrogens (tertiary/aromatic N) is 7. The molecule has 3 aromatic carbocycles. The standard InChI is InChI=1S/C89H121N21O23S/c1-8-10-22-68-82(126)96-48(3)76(120)104-66(78(122)94-40-72(91)114)45-134-46-73(115)97-62(32-50-26-28-54(112)29-27-50)85(129)105(5)49(4)77(121)101-64(37-74(116)117)88(132)109-31-17-25-69(109)83(127)100-61(35-53-39-92-47-95-53)80(124)98-59(21-16-30-90)87(131)110-42-55(113)36-71(110)84(128)99-60(33-51-38-93-58-20-14-12-18-56(51)58)79(123)103-65(44-111)81(125)102-63(86(130)107(7)70(23-11-9-2)89(133)106(68)6)34-52-41-108(43-75(118)119)67-24-15-13-19-57(52)67/h12-15,18-20,24,26-29,38-39,41,47-49,55,59-66,68-71,93,111-113H,8-11,16-17,21-23,25,30-37,40,42-46,90H2,1-7H3,(H2,91,114)(H,92,95)(H,94,122)(H,96,126)(H,97,115)(H,98,124)(H,99,128)(H,100,127)(H,101,121)(H,102,125)(H,103,123)(H,104,120)(H,116,117)(H,118,119)/t48-,49-,55+,59-,60-,61-,62-,63-,64+,65-,66-,68-,69-,70-,71-/m0/s1. The SMILES string of the molecule is CCCC[C@H]1C(=O)N(C)[C@@H](CCCC)C(=O)N[C@@H](C)C(=O)N[C@H](C(=O)NCC(N)=O)CSCC(=O)N[C@@H](Cc2ccc(O)cc2)C(=O)N(C)[C@@H](C)C(=O)N[C@H](CC(=O)O)C(=O)N2CCC[C@H]2C(=O)N[C@@H](Cc2cnc[nH]2)C(=O)N[C@@H](CCCN)C(=O)N2C[C@H](O)C[C@H]2C(=O)N[C@@H](Cc2c[nH]c3ccccc23)C(=O)N[C@@H](CO)C(=O)N[C@@H](Cc2cn(CC(=O)O)c3ccccc23)C(=O)N1C. The lowest BCUT2D eigenvalue weighted by atomic mass is 10.00. The van der Waals surface area contributed by atoms with Crippen molar-refractivity contribution in [3.05, 3.63) is 120 Å². The summed E-state index contributed by atoms with van der Waals surface area (Å²) in [6.45, 7) is 2.96. The topological polar surface area (TPSA) is 646 Å². The molecule has 3 aliphatic rings. The van der Waals surface area contributed by atoms with E-state index < -0.39 is 254 Å². The molecular weight excluding hydrogens is 1760 g/mol. The molecule has 3 fully saturated rings. The van der Waals surface area contributed by atoms with Gasteiger partial charge in [-0.25, -0.2) is 4.98 Å². The number of primary amides is 1. The van der Waals surface area contributed by atoms with Gasteiger partial charge in [-0.1, -0.05) is 88.1 Å². The number of imidazole rings is 1. The van der Waals surface area contributed by atoms with Gasteiger partial charge in [0, 0.05) is 118 Å². The molecule has 134 heavy (non-hydrogen) atoms. The van der Waals surface area contributed by atoms with Crippen LogP contribution in [0.15, 0.2) is 97.7 Å². The number of carboxylic acid groups (broad SMARTS) is 2. The molecule has 0 unspecified atom stereocenters. The molecule has 0 bridgehead atoms. The number of fused-ring (bicyclic) bond motifs is 4. The van der Waals surface area contributed by atoms with Gasteiger partial charge in [0.15, 0.2) is 0 Å². The van der Waals surface area contributed by atoms with Gasteiger partial charge in [0.05, 0.1) is 37.8 Å². The number of unbranched alkanes of at least 4 members (excludes halogenated alkanes) is 2. The maximum Gasteiger partial charge on any atom is 0.323 e. The van der Waals surface area contributed by atoms with Gasteiger partial charge in [0.2, 0.25) is 94.5 Å². The highest BCUT2D eigenvalue weighted by molar-refractivity contribution is 8.00. The smallest absolute Gasteiger partial charge is 0.323 e. The molecule has 3 aliphatic heterocycles.